The summed E-state index contributed by atoms with van der Waals surface area (Å²) in [6, 6.07) is 3.64. The summed E-state index contributed by atoms with van der Waals surface area (Å²) in [5.74, 6) is 0. The molecule has 4 heteroatoms. The Bertz CT molecular complexity index is 354. The number of pyridine rings is 1. The molecule has 0 radical (unpaired) electrons. The molecule has 1 saturated heterocycles. The van der Waals surface area contributed by atoms with E-state index in [0.717, 1.165) is 25.2 Å². The Hall–Kier alpha value is -0.640. The maximum atomic E-state index is 9.81. The van der Waals surface area contributed by atoms with Crippen molar-refractivity contribution in [3.63, 3.8) is 0 Å². The lowest BCUT2D eigenvalue weighted by atomic mass is 10.1. The van der Waals surface area contributed by atoms with Crippen molar-refractivity contribution in [3.05, 3.63) is 29.0 Å². The van der Waals surface area contributed by atoms with Gasteiger partial charge in [-0.2, -0.15) is 0 Å². The quantitative estimate of drug-likeness (QED) is 0.834. The predicted octanol–water partition coefficient (Wildman–Crippen LogP) is 1.69. The molecule has 2 heterocycles. The number of rotatable bonds is 2. The van der Waals surface area contributed by atoms with Crippen LogP contribution in [0.25, 0.3) is 0 Å². The van der Waals surface area contributed by atoms with Gasteiger partial charge in [0, 0.05) is 30.9 Å². The van der Waals surface area contributed by atoms with Crippen LogP contribution in [-0.2, 0) is 6.54 Å². The maximum absolute atomic E-state index is 9.81. The van der Waals surface area contributed by atoms with Gasteiger partial charge in [-0.1, -0.05) is 11.6 Å². The third kappa shape index (κ3) is 2.91. The first-order valence-electron chi connectivity index (χ1n) is 5.10. The molecule has 1 aromatic heterocycles. The van der Waals surface area contributed by atoms with Gasteiger partial charge in [-0.25, -0.2) is 0 Å². The van der Waals surface area contributed by atoms with Crippen LogP contribution in [0, 0.1) is 0 Å². The minimum absolute atomic E-state index is 0.543. The van der Waals surface area contributed by atoms with Crippen LogP contribution >= 0.6 is 11.6 Å². The Kier molecular flexibility index (Phi) is 2.96. The molecular formula is C11H15ClN2O. The largest absolute Gasteiger partial charge is 0.389 e. The minimum Gasteiger partial charge on any atom is -0.389 e. The number of halogens is 1. The summed E-state index contributed by atoms with van der Waals surface area (Å²) in [6.45, 7) is 4.26. The van der Waals surface area contributed by atoms with Crippen LogP contribution in [0.5, 0.6) is 0 Å². The fourth-order valence-corrected chi connectivity index (χ4v) is 2.12. The Balaban J connectivity index is 1.99. The molecule has 0 spiro atoms. The zero-order chi connectivity index (χ0) is 10.9. The Morgan fingerprint density at radius 2 is 2.47 bits per heavy atom. The number of hydrogen-bond donors (Lipinski definition) is 1. The average molecular weight is 227 g/mol. The van der Waals surface area contributed by atoms with E-state index in [2.05, 4.69) is 9.88 Å². The summed E-state index contributed by atoms with van der Waals surface area (Å²) in [5, 5.41) is 10.5. The van der Waals surface area contributed by atoms with Crippen molar-refractivity contribution in [2.24, 2.45) is 0 Å². The molecule has 0 bridgehead atoms. The van der Waals surface area contributed by atoms with Gasteiger partial charge in [-0.15, -0.1) is 0 Å². The van der Waals surface area contributed by atoms with E-state index in [0.29, 0.717) is 11.6 Å². The molecule has 2 rings (SSSR count). The Morgan fingerprint density at radius 3 is 3.07 bits per heavy atom. The van der Waals surface area contributed by atoms with Gasteiger partial charge >= 0.3 is 0 Å². The van der Waals surface area contributed by atoms with Gasteiger partial charge in [-0.3, -0.25) is 9.88 Å². The third-order valence-electron chi connectivity index (χ3n) is 2.70. The summed E-state index contributed by atoms with van der Waals surface area (Å²) in [6.07, 6.45) is 2.54. The molecule has 0 saturated carbocycles. The summed E-state index contributed by atoms with van der Waals surface area (Å²) >= 11 is 5.88. The fourth-order valence-electron chi connectivity index (χ4n) is 1.94. The van der Waals surface area contributed by atoms with Gasteiger partial charge in [0.05, 0.1) is 11.3 Å². The third-order valence-corrected chi connectivity index (χ3v) is 2.93. The Morgan fingerprint density at radius 1 is 1.67 bits per heavy atom. The second-order valence-corrected chi connectivity index (χ2v) is 4.86. The molecule has 0 amide bonds. The lowest BCUT2D eigenvalue weighted by Crippen LogP contribution is -2.29. The lowest BCUT2D eigenvalue weighted by molar-refractivity contribution is 0.0677. The van der Waals surface area contributed by atoms with E-state index in [9.17, 15) is 5.11 Å². The highest BCUT2D eigenvalue weighted by molar-refractivity contribution is 6.30. The smallest absolute Gasteiger partial charge is 0.0758 e. The van der Waals surface area contributed by atoms with Crippen LogP contribution in [0.2, 0.25) is 5.02 Å². The van der Waals surface area contributed by atoms with Gasteiger partial charge in [0.1, 0.15) is 0 Å². The SMILES string of the molecule is CC1(O)CCN(Cc2cc(Cl)ccn2)C1. The Labute approximate surface area is 94.7 Å². The van der Waals surface area contributed by atoms with Crippen molar-refractivity contribution in [1.82, 2.24) is 9.88 Å². The van der Waals surface area contributed by atoms with Crippen molar-refractivity contribution in [2.75, 3.05) is 13.1 Å². The second-order valence-electron chi connectivity index (χ2n) is 4.42. The first-order chi connectivity index (χ1) is 7.05. The molecule has 0 aromatic carbocycles. The standard InChI is InChI=1S/C11H15ClN2O/c1-11(15)3-5-14(8-11)7-10-6-9(12)2-4-13-10/h2,4,6,15H,3,5,7-8H2,1H3. The molecule has 1 unspecified atom stereocenters. The lowest BCUT2D eigenvalue weighted by Gasteiger charge is -2.18. The van der Waals surface area contributed by atoms with E-state index in [1.165, 1.54) is 0 Å². The monoisotopic (exact) mass is 226 g/mol. The number of likely N-dealkylation sites (tertiary alicyclic amines) is 1. The molecular weight excluding hydrogens is 212 g/mol. The molecule has 1 aromatic rings. The highest BCUT2D eigenvalue weighted by atomic mass is 35.5. The van der Waals surface area contributed by atoms with E-state index >= 15 is 0 Å². The molecule has 1 aliphatic heterocycles. The van der Waals surface area contributed by atoms with E-state index in [1.54, 1.807) is 12.3 Å². The minimum atomic E-state index is -0.543. The van der Waals surface area contributed by atoms with Gasteiger partial charge in [0.2, 0.25) is 0 Å². The van der Waals surface area contributed by atoms with Gasteiger partial charge in [-0.05, 0) is 25.5 Å². The highest BCUT2D eigenvalue weighted by Crippen LogP contribution is 2.22. The number of aromatic nitrogens is 1. The van der Waals surface area contributed by atoms with Crippen LogP contribution in [0.3, 0.4) is 0 Å². The number of β-amino-alcohol motifs (C(OH)–C–C–N with tert-alkyl or cyclic N) is 1. The maximum Gasteiger partial charge on any atom is 0.0758 e. The van der Waals surface area contributed by atoms with E-state index in [1.807, 2.05) is 13.0 Å². The van der Waals surface area contributed by atoms with Gasteiger partial charge < -0.3 is 5.11 Å². The van der Waals surface area contributed by atoms with Gasteiger partial charge in [0.15, 0.2) is 0 Å². The molecule has 1 atom stereocenters. The molecule has 1 aliphatic rings. The van der Waals surface area contributed by atoms with Crippen molar-refractivity contribution in [1.29, 1.82) is 0 Å². The zero-order valence-corrected chi connectivity index (χ0v) is 9.54. The number of nitrogens with zero attached hydrogens (tertiary/aromatic N) is 2. The molecule has 15 heavy (non-hydrogen) atoms. The molecule has 0 aliphatic carbocycles. The fraction of sp³-hybridized carbons (Fsp3) is 0.545. The van der Waals surface area contributed by atoms with E-state index < -0.39 is 5.60 Å². The molecule has 1 fully saturated rings. The summed E-state index contributed by atoms with van der Waals surface area (Å²) in [4.78, 5) is 6.44. The topological polar surface area (TPSA) is 36.4 Å². The van der Waals surface area contributed by atoms with Crippen LogP contribution in [0.15, 0.2) is 18.3 Å². The first-order valence-corrected chi connectivity index (χ1v) is 5.48. The van der Waals surface area contributed by atoms with E-state index in [4.69, 9.17) is 11.6 Å². The predicted molar refractivity (Wildman–Crippen MR) is 59.8 cm³/mol. The zero-order valence-electron chi connectivity index (χ0n) is 8.78. The summed E-state index contributed by atoms with van der Waals surface area (Å²) in [7, 11) is 0. The molecule has 82 valence electrons. The number of hydrogen-bond acceptors (Lipinski definition) is 3. The van der Waals surface area contributed by atoms with E-state index in [-0.39, 0.29) is 0 Å². The van der Waals surface area contributed by atoms with Gasteiger partial charge in [0.25, 0.3) is 0 Å². The highest BCUT2D eigenvalue weighted by Gasteiger charge is 2.31. The normalized spacial score (nSPS) is 27.1. The van der Waals surface area contributed by atoms with Crippen molar-refractivity contribution < 1.29 is 5.11 Å². The summed E-state index contributed by atoms with van der Waals surface area (Å²) < 4.78 is 0. The van der Waals surface area contributed by atoms with Crippen LogP contribution in [-0.4, -0.2) is 33.7 Å². The molecule has 3 nitrogen and oxygen atoms in total. The van der Waals surface area contributed by atoms with Crippen molar-refractivity contribution in [3.8, 4) is 0 Å². The molecule has 1 N–H and O–H groups in total. The summed E-state index contributed by atoms with van der Waals surface area (Å²) in [5.41, 5.74) is 0.415. The second kappa shape index (κ2) is 4.08. The van der Waals surface area contributed by atoms with Crippen molar-refractivity contribution >= 4 is 11.6 Å². The first kappa shape index (κ1) is 10.9. The van der Waals surface area contributed by atoms with Crippen molar-refractivity contribution in [2.45, 2.75) is 25.5 Å². The number of aliphatic hydroxyl groups is 1. The van der Waals surface area contributed by atoms with Crippen LogP contribution < -0.4 is 0 Å². The van der Waals surface area contributed by atoms with Crippen LogP contribution in [0.1, 0.15) is 19.0 Å². The average Bonchev–Trinajstić information content (AvgIpc) is 2.45. The van der Waals surface area contributed by atoms with Crippen LogP contribution in [0.4, 0.5) is 0 Å².